The van der Waals surface area contributed by atoms with Crippen molar-refractivity contribution in [2.75, 3.05) is 31.6 Å². The maximum atomic E-state index is 13.2. The van der Waals surface area contributed by atoms with Gasteiger partial charge in [-0.1, -0.05) is 38.4 Å². The summed E-state index contributed by atoms with van der Waals surface area (Å²) in [7, 11) is 0. The molecule has 2 amide bonds. The summed E-state index contributed by atoms with van der Waals surface area (Å²) in [6.07, 6.45) is 2.38. The van der Waals surface area contributed by atoms with Gasteiger partial charge < -0.3 is 20.3 Å². The van der Waals surface area contributed by atoms with Crippen LogP contribution in [0.2, 0.25) is 5.02 Å². The zero-order chi connectivity index (χ0) is 24.4. The molecule has 0 aliphatic rings. The van der Waals surface area contributed by atoms with Crippen molar-refractivity contribution in [3.63, 3.8) is 0 Å². The average Bonchev–Trinajstić information content (AvgIpc) is 2.75. The molecule has 1 heterocycles. The second kappa shape index (κ2) is 12.4. The number of carbonyl (C=O) groups excluding carboxylic acids is 2. The zero-order valence-electron chi connectivity index (χ0n) is 20.2. The highest BCUT2D eigenvalue weighted by Gasteiger charge is 2.22. The molecule has 1 aromatic heterocycles. The summed E-state index contributed by atoms with van der Waals surface area (Å²) in [5.74, 6) is 1.19. The van der Waals surface area contributed by atoms with Crippen LogP contribution in [0.4, 0.5) is 5.82 Å². The molecular weight excluding hydrogens is 440 g/mol. The van der Waals surface area contributed by atoms with Gasteiger partial charge in [0.05, 0.1) is 6.54 Å². The molecule has 0 spiro atoms. The first-order chi connectivity index (χ1) is 15.6. The fourth-order valence-electron chi connectivity index (χ4n) is 3.06. The number of hydrogen-bond donors (Lipinski definition) is 2. The third kappa shape index (κ3) is 8.92. The molecule has 0 atom stereocenters. The predicted octanol–water partition coefficient (Wildman–Crippen LogP) is 4.63. The van der Waals surface area contributed by atoms with E-state index >= 15 is 0 Å². The Balaban J connectivity index is 1.93. The van der Waals surface area contributed by atoms with Gasteiger partial charge in [-0.25, -0.2) is 4.98 Å². The Morgan fingerprint density at radius 2 is 1.91 bits per heavy atom. The number of anilines is 1. The first-order valence-electron chi connectivity index (χ1n) is 11.3. The van der Waals surface area contributed by atoms with E-state index in [0.717, 1.165) is 5.82 Å². The number of hydrogen-bond acceptors (Lipinski definition) is 5. The van der Waals surface area contributed by atoms with E-state index in [9.17, 15) is 9.59 Å². The largest absolute Gasteiger partial charge is 0.492 e. The molecule has 1 aromatic carbocycles. The van der Waals surface area contributed by atoms with Crippen LogP contribution in [0.3, 0.4) is 0 Å². The number of rotatable bonds is 11. The lowest BCUT2D eigenvalue weighted by Gasteiger charge is -2.27. The number of pyridine rings is 1. The standard InChI is InChI=1S/C25H35ClN4O3/c1-18(2)30(13-8-11-29-24(32)25(3,4)5)23(31)19-15-20(26)17-21(16-19)33-14-12-28-22-9-6-7-10-27-22/h6-7,9-10,15-18H,8,11-14H2,1-5H3,(H,27,28)(H,29,32). The normalized spacial score (nSPS) is 11.2. The molecule has 180 valence electrons. The highest BCUT2D eigenvalue weighted by molar-refractivity contribution is 6.31. The van der Waals surface area contributed by atoms with E-state index in [0.29, 0.717) is 49.0 Å². The minimum atomic E-state index is -0.433. The third-order valence-corrected chi connectivity index (χ3v) is 5.11. The number of amides is 2. The summed E-state index contributed by atoms with van der Waals surface area (Å²) in [6.45, 7) is 11.6. The Morgan fingerprint density at radius 1 is 1.15 bits per heavy atom. The number of carbonyl (C=O) groups is 2. The van der Waals surface area contributed by atoms with E-state index < -0.39 is 5.41 Å². The lowest BCUT2D eigenvalue weighted by Crippen LogP contribution is -2.40. The molecule has 0 saturated heterocycles. The smallest absolute Gasteiger partial charge is 0.254 e. The summed E-state index contributed by atoms with van der Waals surface area (Å²) in [4.78, 5) is 31.2. The molecule has 0 unspecified atom stereocenters. The molecule has 0 fully saturated rings. The Hall–Kier alpha value is -2.80. The molecule has 33 heavy (non-hydrogen) atoms. The predicted molar refractivity (Wildman–Crippen MR) is 133 cm³/mol. The van der Waals surface area contributed by atoms with Crippen molar-refractivity contribution in [3.8, 4) is 5.75 Å². The molecule has 0 radical (unpaired) electrons. The monoisotopic (exact) mass is 474 g/mol. The first kappa shape index (κ1) is 26.5. The van der Waals surface area contributed by atoms with Crippen LogP contribution in [-0.2, 0) is 4.79 Å². The van der Waals surface area contributed by atoms with Crippen LogP contribution in [0.15, 0.2) is 42.6 Å². The van der Waals surface area contributed by atoms with Crippen molar-refractivity contribution < 1.29 is 14.3 Å². The lowest BCUT2D eigenvalue weighted by atomic mass is 9.96. The Bertz CT molecular complexity index is 914. The van der Waals surface area contributed by atoms with E-state index in [1.54, 1.807) is 29.3 Å². The summed E-state index contributed by atoms with van der Waals surface area (Å²) < 4.78 is 5.80. The molecule has 8 heteroatoms. The van der Waals surface area contributed by atoms with E-state index in [1.165, 1.54) is 0 Å². The molecule has 7 nitrogen and oxygen atoms in total. The SMILES string of the molecule is CC(C)N(CCCNC(=O)C(C)(C)C)C(=O)c1cc(Cl)cc(OCCNc2ccccn2)c1. The number of ether oxygens (including phenoxy) is 1. The van der Waals surface area contributed by atoms with E-state index in [-0.39, 0.29) is 17.9 Å². The number of nitrogens with zero attached hydrogens (tertiary/aromatic N) is 2. The summed E-state index contributed by atoms with van der Waals surface area (Å²) in [6, 6.07) is 10.7. The van der Waals surface area contributed by atoms with Gasteiger partial charge >= 0.3 is 0 Å². The average molecular weight is 475 g/mol. The van der Waals surface area contributed by atoms with E-state index in [4.69, 9.17) is 16.3 Å². The van der Waals surface area contributed by atoms with Gasteiger partial charge in [0.1, 0.15) is 18.2 Å². The maximum Gasteiger partial charge on any atom is 0.254 e. The van der Waals surface area contributed by atoms with Crippen LogP contribution in [0.25, 0.3) is 0 Å². The quantitative estimate of drug-likeness (QED) is 0.464. The fourth-order valence-corrected chi connectivity index (χ4v) is 3.29. The zero-order valence-corrected chi connectivity index (χ0v) is 20.9. The fraction of sp³-hybridized carbons (Fsp3) is 0.480. The minimum Gasteiger partial charge on any atom is -0.492 e. The molecule has 0 aliphatic carbocycles. The van der Waals surface area contributed by atoms with Gasteiger partial charge in [-0.2, -0.15) is 0 Å². The minimum absolute atomic E-state index is 0.000842. The van der Waals surface area contributed by atoms with Gasteiger partial charge in [0.25, 0.3) is 5.91 Å². The van der Waals surface area contributed by atoms with Crippen LogP contribution < -0.4 is 15.4 Å². The van der Waals surface area contributed by atoms with E-state index in [2.05, 4.69) is 15.6 Å². The van der Waals surface area contributed by atoms with Crippen molar-refractivity contribution >= 4 is 29.2 Å². The van der Waals surface area contributed by atoms with Crippen molar-refractivity contribution in [2.45, 2.75) is 47.1 Å². The molecule has 2 aromatic rings. The summed E-state index contributed by atoms with van der Waals surface area (Å²) in [5.41, 5.74) is 0.0420. The van der Waals surface area contributed by atoms with Crippen LogP contribution >= 0.6 is 11.6 Å². The van der Waals surface area contributed by atoms with Gasteiger partial charge in [0.15, 0.2) is 0 Å². The molecule has 0 saturated carbocycles. The number of halogens is 1. The molecule has 2 rings (SSSR count). The highest BCUT2D eigenvalue weighted by Crippen LogP contribution is 2.23. The summed E-state index contributed by atoms with van der Waals surface area (Å²) >= 11 is 6.27. The Kier molecular flexibility index (Phi) is 9.97. The van der Waals surface area contributed by atoms with Gasteiger partial charge in [0, 0.05) is 41.3 Å². The van der Waals surface area contributed by atoms with Gasteiger partial charge in [-0.3, -0.25) is 9.59 Å². The maximum absolute atomic E-state index is 13.2. The second-order valence-corrected chi connectivity index (χ2v) is 9.55. The van der Waals surface area contributed by atoms with Crippen LogP contribution in [-0.4, -0.2) is 54.0 Å². The second-order valence-electron chi connectivity index (χ2n) is 9.12. The van der Waals surface area contributed by atoms with Crippen molar-refractivity contribution in [2.24, 2.45) is 5.41 Å². The van der Waals surface area contributed by atoms with Crippen molar-refractivity contribution in [1.29, 1.82) is 0 Å². The van der Waals surface area contributed by atoms with Crippen LogP contribution in [0, 0.1) is 5.41 Å². The van der Waals surface area contributed by atoms with Gasteiger partial charge in [0.2, 0.25) is 5.91 Å². The van der Waals surface area contributed by atoms with Crippen molar-refractivity contribution in [3.05, 3.63) is 53.2 Å². The van der Waals surface area contributed by atoms with Gasteiger partial charge in [-0.05, 0) is 50.6 Å². The topological polar surface area (TPSA) is 83.6 Å². The van der Waals surface area contributed by atoms with Gasteiger partial charge in [-0.15, -0.1) is 0 Å². The van der Waals surface area contributed by atoms with Crippen LogP contribution in [0.5, 0.6) is 5.75 Å². The van der Waals surface area contributed by atoms with E-state index in [1.807, 2.05) is 52.8 Å². The summed E-state index contributed by atoms with van der Waals surface area (Å²) in [5, 5.41) is 6.54. The molecule has 2 N–H and O–H groups in total. The van der Waals surface area contributed by atoms with Crippen molar-refractivity contribution in [1.82, 2.24) is 15.2 Å². The molecule has 0 bridgehead atoms. The highest BCUT2D eigenvalue weighted by atomic mass is 35.5. The number of nitrogens with one attached hydrogen (secondary N) is 2. The molecule has 0 aliphatic heterocycles. The third-order valence-electron chi connectivity index (χ3n) is 4.89. The Morgan fingerprint density at radius 3 is 2.55 bits per heavy atom. The Labute approximate surface area is 201 Å². The number of benzene rings is 1. The lowest BCUT2D eigenvalue weighted by molar-refractivity contribution is -0.128. The van der Waals surface area contributed by atoms with Crippen LogP contribution in [0.1, 0.15) is 51.4 Å². The first-order valence-corrected chi connectivity index (χ1v) is 11.6. The number of aromatic nitrogens is 1. The molecular formula is C25H35ClN4O3.